The first kappa shape index (κ1) is 19.8. The van der Waals surface area contributed by atoms with Crippen molar-refractivity contribution >= 4 is 29.3 Å². The van der Waals surface area contributed by atoms with Crippen LogP contribution >= 0.6 is 0 Å². The molecule has 1 heterocycles. The molecule has 0 unspecified atom stereocenters. The number of fused-ring (bicyclic) bond motifs is 1. The number of benzene rings is 2. The summed E-state index contributed by atoms with van der Waals surface area (Å²) < 4.78 is 5.29. The number of ketones is 1. The Bertz CT molecular complexity index is 999. The third-order valence-electron chi connectivity index (χ3n) is 5.58. The summed E-state index contributed by atoms with van der Waals surface area (Å²) in [4.78, 5) is 51.3. The zero-order valence-corrected chi connectivity index (χ0v) is 16.5. The second-order valence-corrected chi connectivity index (χ2v) is 7.49. The minimum absolute atomic E-state index is 0.202. The molecular formula is C24H21NO5. The molecule has 1 saturated heterocycles. The van der Waals surface area contributed by atoms with E-state index in [1.807, 2.05) is 12.2 Å². The Kier molecular flexibility index (Phi) is 5.31. The van der Waals surface area contributed by atoms with Crippen LogP contribution in [0.1, 0.15) is 40.5 Å². The number of allylic oxidation sites excluding steroid dienone is 2. The second-order valence-electron chi connectivity index (χ2n) is 7.49. The Morgan fingerprint density at radius 3 is 2.00 bits per heavy atom. The molecule has 2 aromatic carbocycles. The number of nitrogens with zero attached hydrogens (tertiary/aromatic N) is 1. The molecule has 6 heteroatoms. The maximum atomic E-state index is 12.7. The molecule has 2 aliphatic rings. The van der Waals surface area contributed by atoms with Crippen molar-refractivity contribution < 1.29 is 23.9 Å². The predicted octanol–water partition coefficient (Wildman–Crippen LogP) is 3.57. The molecule has 152 valence electrons. The van der Waals surface area contributed by atoms with Crippen LogP contribution in [0, 0.1) is 11.8 Å². The van der Waals surface area contributed by atoms with Crippen LogP contribution in [0.2, 0.25) is 0 Å². The van der Waals surface area contributed by atoms with Crippen molar-refractivity contribution in [2.45, 2.75) is 25.9 Å². The zero-order valence-electron chi connectivity index (χ0n) is 16.5. The molecule has 30 heavy (non-hydrogen) atoms. The highest BCUT2D eigenvalue weighted by Crippen LogP contribution is 2.37. The van der Waals surface area contributed by atoms with E-state index in [-0.39, 0.29) is 35.0 Å². The molecule has 1 aliphatic carbocycles. The van der Waals surface area contributed by atoms with E-state index in [2.05, 4.69) is 0 Å². The number of ether oxygens (including phenoxy) is 1. The number of imide groups is 1. The summed E-state index contributed by atoms with van der Waals surface area (Å²) in [6.45, 7) is 1.53. The Morgan fingerprint density at radius 1 is 0.867 bits per heavy atom. The first-order valence-corrected chi connectivity index (χ1v) is 9.90. The lowest BCUT2D eigenvalue weighted by molar-refractivity contribution is -0.122. The number of carbonyl (C=O) groups is 4. The number of hydrogen-bond donors (Lipinski definition) is 0. The number of amides is 2. The van der Waals surface area contributed by atoms with Gasteiger partial charge in [0.25, 0.3) is 0 Å². The van der Waals surface area contributed by atoms with Crippen molar-refractivity contribution in [2.24, 2.45) is 11.8 Å². The lowest BCUT2D eigenvalue weighted by atomic mass is 9.85. The van der Waals surface area contributed by atoms with Gasteiger partial charge in [0.15, 0.2) is 6.10 Å². The minimum atomic E-state index is -0.933. The number of hydrogen-bond acceptors (Lipinski definition) is 5. The number of rotatable bonds is 5. The summed E-state index contributed by atoms with van der Waals surface area (Å²) in [6.07, 6.45) is 4.09. The summed E-state index contributed by atoms with van der Waals surface area (Å²) in [6, 6.07) is 14.7. The molecule has 0 aromatic heterocycles. The van der Waals surface area contributed by atoms with Crippen LogP contribution in [0.15, 0.2) is 66.7 Å². The fourth-order valence-electron chi connectivity index (χ4n) is 3.92. The van der Waals surface area contributed by atoms with Crippen molar-refractivity contribution in [1.29, 1.82) is 0 Å². The molecular weight excluding hydrogens is 382 g/mol. The van der Waals surface area contributed by atoms with Crippen LogP contribution in [0.25, 0.3) is 0 Å². The lowest BCUT2D eigenvalue weighted by Gasteiger charge is -2.16. The third-order valence-corrected chi connectivity index (χ3v) is 5.58. The van der Waals surface area contributed by atoms with Gasteiger partial charge in [0.2, 0.25) is 17.6 Å². The van der Waals surface area contributed by atoms with Gasteiger partial charge >= 0.3 is 5.97 Å². The standard InChI is InChI=1S/C24H21NO5/c1-15(21(26)16-7-3-2-4-8-16)30-24(29)17-11-13-18(14-12-17)25-22(27)19-9-5-6-10-20(19)23(25)28/h2-8,11-15,19-20H,9-10H2,1H3/t15-,19-,20+/m0/s1. The molecule has 0 bridgehead atoms. The average molecular weight is 403 g/mol. The van der Waals surface area contributed by atoms with Gasteiger partial charge in [-0.3, -0.25) is 19.3 Å². The Morgan fingerprint density at radius 2 is 1.43 bits per heavy atom. The van der Waals surface area contributed by atoms with E-state index < -0.39 is 12.1 Å². The van der Waals surface area contributed by atoms with E-state index in [0.717, 1.165) is 0 Å². The van der Waals surface area contributed by atoms with Crippen LogP contribution in [-0.4, -0.2) is 29.7 Å². The van der Waals surface area contributed by atoms with E-state index in [0.29, 0.717) is 24.1 Å². The molecule has 3 atom stereocenters. The van der Waals surface area contributed by atoms with Crippen molar-refractivity contribution in [3.63, 3.8) is 0 Å². The van der Waals surface area contributed by atoms with E-state index in [1.165, 1.54) is 24.0 Å². The topological polar surface area (TPSA) is 80.8 Å². The van der Waals surface area contributed by atoms with Gasteiger partial charge in [-0.25, -0.2) is 4.79 Å². The number of esters is 1. The maximum absolute atomic E-state index is 12.7. The summed E-state index contributed by atoms with van der Waals surface area (Å²) in [5, 5.41) is 0. The van der Waals surface area contributed by atoms with Crippen LogP contribution in [0.5, 0.6) is 0 Å². The van der Waals surface area contributed by atoms with Gasteiger partial charge in [-0.15, -0.1) is 0 Å². The molecule has 0 spiro atoms. The first-order valence-electron chi connectivity index (χ1n) is 9.90. The summed E-state index contributed by atoms with van der Waals surface area (Å²) in [7, 11) is 0. The van der Waals surface area contributed by atoms with Crippen LogP contribution in [0.3, 0.4) is 0 Å². The second kappa shape index (κ2) is 8.06. The normalized spacial score (nSPS) is 21.3. The monoisotopic (exact) mass is 403 g/mol. The van der Waals surface area contributed by atoms with Crippen LogP contribution in [0.4, 0.5) is 5.69 Å². The lowest BCUT2D eigenvalue weighted by Crippen LogP contribution is -2.30. The average Bonchev–Trinajstić information content (AvgIpc) is 3.04. The highest BCUT2D eigenvalue weighted by atomic mass is 16.5. The van der Waals surface area contributed by atoms with E-state index in [9.17, 15) is 19.2 Å². The largest absolute Gasteiger partial charge is 0.451 e. The van der Waals surface area contributed by atoms with Gasteiger partial charge in [0.05, 0.1) is 23.1 Å². The summed E-state index contributed by atoms with van der Waals surface area (Å²) in [5.74, 6) is -1.95. The molecule has 0 radical (unpaired) electrons. The van der Waals surface area contributed by atoms with Crippen LogP contribution < -0.4 is 4.90 Å². The van der Waals surface area contributed by atoms with Gasteiger partial charge in [-0.1, -0.05) is 42.5 Å². The van der Waals surface area contributed by atoms with Gasteiger partial charge < -0.3 is 4.74 Å². The summed E-state index contributed by atoms with van der Waals surface area (Å²) >= 11 is 0. The number of Topliss-reactive ketones (excluding diaryl/α,β-unsaturated/α-hetero) is 1. The van der Waals surface area contributed by atoms with Gasteiger partial charge in [-0.2, -0.15) is 0 Å². The molecule has 0 N–H and O–H groups in total. The molecule has 6 nitrogen and oxygen atoms in total. The van der Waals surface area contributed by atoms with Crippen LogP contribution in [-0.2, 0) is 14.3 Å². The van der Waals surface area contributed by atoms with Crippen molar-refractivity contribution in [1.82, 2.24) is 0 Å². The molecule has 4 rings (SSSR count). The SMILES string of the molecule is C[C@H](OC(=O)c1ccc(N2C(=O)[C@H]3CC=CC[C@H]3C2=O)cc1)C(=O)c1ccccc1. The Hall–Kier alpha value is -3.54. The quantitative estimate of drug-likeness (QED) is 0.330. The molecule has 1 aliphatic heterocycles. The van der Waals surface area contributed by atoms with Gasteiger partial charge in [0.1, 0.15) is 0 Å². The fraction of sp³-hybridized carbons (Fsp3) is 0.250. The van der Waals surface area contributed by atoms with Gasteiger partial charge in [0, 0.05) is 5.56 Å². The smallest absolute Gasteiger partial charge is 0.338 e. The Balaban J connectivity index is 1.45. The van der Waals surface area contributed by atoms with Crippen molar-refractivity contribution in [2.75, 3.05) is 4.90 Å². The minimum Gasteiger partial charge on any atom is -0.451 e. The van der Waals surface area contributed by atoms with Crippen molar-refractivity contribution in [3.05, 3.63) is 77.9 Å². The van der Waals surface area contributed by atoms with E-state index in [1.54, 1.807) is 42.5 Å². The fourth-order valence-corrected chi connectivity index (χ4v) is 3.92. The highest BCUT2D eigenvalue weighted by molar-refractivity contribution is 6.22. The van der Waals surface area contributed by atoms with E-state index >= 15 is 0 Å². The molecule has 1 fully saturated rings. The first-order chi connectivity index (χ1) is 14.5. The van der Waals surface area contributed by atoms with Crippen molar-refractivity contribution in [3.8, 4) is 0 Å². The molecule has 2 aromatic rings. The number of anilines is 1. The molecule has 0 saturated carbocycles. The third kappa shape index (κ3) is 3.56. The molecule has 2 amide bonds. The van der Waals surface area contributed by atoms with Gasteiger partial charge in [-0.05, 0) is 44.0 Å². The predicted molar refractivity (Wildman–Crippen MR) is 110 cm³/mol. The highest BCUT2D eigenvalue weighted by Gasteiger charge is 2.47. The maximum Gasteiger partial charge on any atom is 0.338 e. The number of carbonyl (C=O) groups excluding carboxylic acids is 4. The summed E-state index contributed by atoms with van der Waals surface area (Å²) in [5.41, 5.74) is 1.14. The Labute approximate surface area is 174 Å². The van der Waals surface area contributed by atoms with E-state index in [4.69, 9.17) is 4.74 Å². The zero-order chi connectivity index (χ0) is 21.3.